The summed E-state index contributed by atoms with van der Waals surface area (Å²) in [6.45, 7) is 3.64. The number of nitrogens with zero attached hydrogens (tertiary/aromatic N) is 1. The number of carbonyl (C=O) groups excluding carboxylic acids is 1. The summed E-state index contributed by atoms with van der Waals surface area (Å²) in [6, 6.07) is 9.96. The number of benzene rings is 1. The first-order valence-electron chi connectivity index (χ1n) is 7.06. The van der Waals surface area contributed by atoms with Crippen LogP contribution < -0.4 is 5.32 Å². The number of aliphatic carboxylic acids is 1. The Labute approximate surface area is 126 Å². The van der Waals surface area contributed by atoms with Gasteiger partial charge in [-0.25, -0.2) is 0 Å². The minimum atomic E-state index is -0.954. The molecule has 3 atom stereocenters. The molecule has 3 unspecified atom stereocenters. The van der Waals surface area contributed by atoms with Crippen LogP contribution in [0.1, 0.15) is 25.5 Å². The predicted molar refractivity (Wildman–Crippen MR) is 81.8 cm³/mol. The number of likely N-dealkylation sites (N-methyl/N-ethyl adjacent to an activating group) is 1. The quantitative estimate of drug-likeness (QED) is 0.803. The van der Waals surface area contributed by atoms with Gasteiger partial charge in [-0.2, -0.15) is 0 Å². The molecule has 1 rings (SSSR count). The van der Waals surface area contributed by atoms with Crippen molar-refractivity contribution in [1.82, 2.24) is 10.2 Å². The second-order valence-corrected chi connectivity index (χ2v) is 5.55. The van der Waals surface area contributed by atoms with Gasteiger partial charge in [0, 0.05) is 12.5 Å². The molecule has 0 spiro atoms. The molecule has 0 aromatic heterocycles. The van der Waals surface area contributed by atoms with E-state index < -0.39 is 17.8 Å². The summed E-state index contributed by atoms with van der Waals surface area (Å²) < 4.78 is 0. The highest BCUT2D eigenvalue weighted by molar-refractivity contribution is 5.84. The lowest BCUT2D eigenvalue weighted by Crippen LogP contribution is -2.39. The maximum Gasteiger partial charge on any atom is 0.307 e. The lowest BCUT2D eigenvalue weighted by atomic mass is 9.95. The SMILES string of the molecule is CC(C(=O)O)C(C)C(=O)NCC(c1ccccc1)N(C)C. The first-order chi connectivity index (χ1) is 9.84. The van der Waals surface area contributed by atoms with E-state index >= 15 is 0 Å². The first kappa shape index (κ1) is 17.2. The highest BCUT2D eigenvalue weighted by Crippen LogP contribution is 2.17. The van der Waals surface area contributed by atoms with Crippen LogP contribution in [-0.4, -0.2) is 42.5 Å². The van der Waals surface area contributed by atoms with Crippen molar-refractivity contribution in [2.24, 2.45) is 11.8 Å². The van der Waals surface area contributed by atoms with Crippen molar-refractivity contribution in [2.75, 3.05) is 20.6 Å². The normalized spacial score (nSPS) is 15.3. The fourth-order valence-corrected chi connectivity index (χ4v) is 2.07. The van der Waals surface area contributed by atoms with Crippen LogP contribution in [0.25, 0.3) is 0 Å². The number of nitrogens with one attached hydrogen (secondary N) is 1. The van der Waals surface area contributed by atoms with Crippen molar-refractivity contribution in [3.05, 3.63) is 35.9 Å². The highest BCUT2D eigenvalue weighted by atomic mass is 16.4. The van der Waals surface area contributed by atoms with E-state index in [1.54, 1.807) is 13.8 Å². The van der Waals surface area contributed by atoms with Gasteiger partial charge in [0.25, 0.3) is 0 Å². The van der Waals surface area contributed by atoms with Gasteiger partial charge in [0.1, 0.15) is 0 Å². The Morgan fingerprint density at radius 1 is 1.14 bits per heavy atom. The average molecular weight is 292 g/mol. The van der Waals surface area contributed by atoms with Crippen LogP contribution in [0, 0.1) is 11.8 Å². The van der Waals surface area contributed by atoms with E-state index in [1.165, 1.54) is 0 Å². The third-order valence-electron chi connectivity index (χ3n) is 3.83. The minimum Gasteiger partial charge on any atom is -0.481 e. The Hall–Kier alpha value is -1.88. The second-order valence-electron chi connectivity index (χ2n) is 5.55. The second kappa shape index (κ2) is 7.78. The third kappa shape index (κ3) is 4.86. The molecule has 0 saturated heterocycles. The molecule has 0 bridgehead atoms. The van der Waals surface area contributed by atoms with E-state index in [0.717, 1.165) is 5.56 Å². The zero-order chi connectivity index (χ0) is 16.0. The smallest absolute Gasteiger partial charge is 0.307 e. The van der Waals surface area contributed by atoms with Gasteiger partial charge in [-0.3, -0.25) is 9.59 Å². The van der Waals surface area contributed by atoms with Crippen molar-refractivity contribution >= 4 is 11.9 Å². The van der Waals surface area contributed by atoms with Crippen LogP contribution in [0.15, 0.2) is 30.3 Å². The van der Waals surface area contributed by atoms with Gasteiger partial charge in [0.2, 0.25) is 5.91 Å². The Kier molecular flexibility index (Phi) is 6.37. The third-order valence-corrected chi connectivity index (χ3v) is 3.83. The molecule has 5 nitrogen and oxygen atoms in total. The molecule has 0 radical (unpaired) electrons. The number of amides is 1. The Morgan fingerprint density at radius 2 is 1.71 bits per heavy atom. The highest BCUT2D eigenvalue weighted by Gasteiger charge is 2.26. The van der Waals surface area contributed by atoms with Crippen molar-refractivity contribution in [3.63, 3.8) is 0 Å². The van der Waals surface area contributed by atoms with Crippen molar-refractivity contribution in [2.45, 2.75) is 19.9 Å². The molecule has 1 amide bonds. The molecular formula is C16H24N2O3. The summed E-state index contributed by atoms with van der Waals surface area (Å²) in [5.74, 6) is -2.43. The predicted octanol–water partition coefficient (Wildman–Crippen LogP) is 1.76. The zero-order valence-corrected chi connectivity index (χ0v) is 13.0. The van der Waals surface area contributed by atoms with Gasteiger partial charge in [0.15, 0.2) is 0 Å². The molecule has 2 N–H and O–H groups in total. The molecule has 0 aliphatic carbocycles. The van der Waals surface area contributed by atoms with Crippen LogP contribution >= 0.6 is 0 Å². The Bertz CT molecular complexity index is 474. The summed E-state index contributed by atoms with van der Waals surface area (Å²) >= 11 is 0. The lowest BCUT2D eigenvalue weighted by molar-refractivity contribution is -0.146. The zero-order valence-electron chi connectivity index (χ0n) is 13.0. The Balaban J connectivity index is 2.66. The van der Waals surface area contributed by atoms with Gasteiger partial charge in [-0.05, 0) is 19.7 Å². The van der Waals surface area contributed by atoms with Crippen LogP contribution in [0.4, 0.5) is 0 Å². The number of carbonyl (C=O) groups is 2. The molecule has 0 saturated carbocycles. The van der Waals surface area contributed by atoms with Crippen molar-refractivity contribution < 1.29 is 14.7 Å². The molecule has 116 valence electrons. The monoisotopic (exact) mass is 292 g/mol. The van der Waals surface area contributed by atoms with Crippen LogP contribution in [-0.2, 0) is 9.59 Å². The summed E-state index contributed by atoms with van der Waals surface area (Å²) in [5, 5.41) is 11.8. The summed E-state index contributed by atoms with van der Waals surface area (Å²) in [5.41, 5.74) is 1.11. The van der Waals surface area contributed by atoms with E-state index in [1.807, 2.05) is 49.3 Å². The van der Waals surface area contributed by atoms with Gasteiger partial charge < -0.3 is 15.3 Å². The van der Waals surface area contributed by atoms with Crippen LogP contribution in [0.2, 0.25) is 0 Å². The Morgan fingerprint density at radius 3 is 2.19 bits per heavy atom. The summed E-state index contributed by atoms with van der Waals surface area (Å²) in [7, 11) is 3.90. The largest absolute Gasteiger partial charge is 0.481 e. The number of hydrogen-bond acceptors (Lipinski definition) is 3. The van der Waals surface area contributed by atoms with Gasteiger partial charge in [0.05, 0.1) is 12.0 Å². The van der Waals surface area contributed by atoms with E-state index in [0.29, 0.717) is 6.54 Å². The molecule has 1 aromatic carbocycles. The standard InChI is InChI=1S/C16H24N2O3/c1-11(12(2)16(20)21)15(19)17-10-14(18(3)4)13-8-6-5-7-9-13/h5-9,11-12,14H,10H2,1-4H3,(H,17,19)(H,20,21). The van der Waals surface area contributed by atoms with Crippen LogP contribution in [0.5, 0.6) is 0 Å². The molecule has 1 aromatic rings. The van der Waals surface area contributed by atoms with Gasteiger partial charge in [-0.1, -0.05) is 44.2 Å². The lowest BCUT2D eigenvalue weighted by Gasteiger charge is -2.26. The van der Waals surface area contributed by atoms with Crippen molar-refractivity contribution in [1.29, 1.82) is 0 Å². The fraction of sp³-hybridized carbons (Fsp3) is 0.500. The maximum absolute atomic E-state index is 12.1. The summed E-state index contributed by atoms with van der Waals surface area (Å²) in [4.78, 5) is 25.0. The molecule has 21 heavy (non-hydrogen) atoms. The number of hydrogen-bond donors (Lipinski definition) is 2. The molecule has 0 aliphatic heterocycles. The molecular weight excluding hydrogens is 268 g/mol. The number of rotatable bonds is 7. The number of carboxylic acid groups (broad SMARTS) is 1. The molecule has 0 aliphatic rings. The van der Waals surface area contributed by atoms with E-state index in [-0.39, 0.29) is 11.9 Å². The molecule has 5 heteroatoms. The fourth-order valence-electron chi connectivity index (χ4n) is 2.07. The van der Waals surface area contributed by atoms with Crippen molar-refractivity contribution in [3.8, 4) is 0 Å². The first-order valence-corrected chi connectivity index (χ1v) is 7.06. The van der Waals surface area contributed by atoms with E-state index in [4.69, 9.17) is 5.11 Å². The minimum absolute atomic E-state index is 0.0579. The van der Waals surface area contributed by atoms with Gasteiger partial charge in [-0.15, -0.1) is 0 Å². The molecule has 0 fully saturated rings. The maximum atomic E-state index is 12.1. The van der Waals surface area contributed by atoms with Crippen LogP contribution in [0.3, 0.4) is 0 Å². The van der Waals surface area contributed by atoms with E-state index in [9.17, 15) is 9.59 Å². The summed E-state index contributed by atoms with van der Waals surface area (Å²) in [6.07, 6.45) is 0. The van der Waals surface area contributed by atoms with E-state index in [2.05, 4.69) is 5.32 Å². The molecule has 0 heterocycles. The van der Waals surface area contributed by atoms with Gasteiger partial charge >= 0.3 is 5.97 Å². The topological polar surface area (TPSA) is 69.6 Å². The average Bonchev–Trinajstić information content (AvgIpc) is 2.46. The number of carboxylic acids is 1.